The summed E-state index contributed by atoms with van der Waals surface area (Å²) in [6.45, 7) is 3.58. The van der Waals surface area contributed by atoms with E-state index in [-0.39, 0.29) is 11.9 Å². The first-order valence-electron chi connectivity index (χ1n) is 7.01. The average molecular weight is 368 g/mol. The van der Waals surface area contributed by atoms with Gasteiger partial charge in [-0.05, 0) is 26.0 Å². The minimum Gasteiger partial charge on any atom is -0.402 e. The first kappa shape index (κ1) is 17.1. The second-order valence-corrected chi connectivity index (χ2v) is 6.26. The van der Waals surface area contributed by atoms with Crippen molar-refractivity contribution < 1.29 is 22.4 Å². The molecule has 3 rings (SSSR count). The number of thiazole rings is 1. The van der Waals surface area contributed by atoms with Crippen LogP contribution >= 0.6 is 11.3 Å². The number of benzene rings is 1. The van der Waals surface area contributed by atoms with Crippen molar-refractivity contribution in [3.05, 3.63) is 46.1 Å². The van der Waals surface area contributed by atoms with Gasteiger partial charge in [-0.15, -0.1) is 16.4 Å². The van der Waals surface area contributed by atoms with Crippen LogP contribution in [0.4, 0.5) is 19.2 Å². The highest BCUT2D eigenvalue weighted by Gasteiger charge is 2.35. The van der Waals surface area contributed by atoms with Crippen LogP contribution in [-0.4, -0.2) is 21.1 Å². The molecule has 1 aromatic carbocycles. The Morgan fingerprint density at radius 3 is 2.56 bits per heavy atom. The summed E-state index contributed by atoms with van der Waals surface area (Å²) in [6.07, 6.45) is -4.65. The van der Waals surface area contributed by atoms with Crippen LogP contribution in [0.15, 0.2) is 28.7 Å². The van der Waals surface area contributed by atoms with Crippen LogP contribution in [0.5, 0.6) is 0 Å². The maximum Gasteiger partial charge on any atom is 0.417 e. The molecule has 0 aliphatic heterocycles. The average Bonchev–Trinajstić information content (AvgIpc) is 3.12. The second kappa shape index (κ2) is 6.28. The number of halogens is 3. The number of hydrogen-bond donors (Lipinski definition) is 1. The molecule has 0 fully saturated rings. The van der Waals surface area contributed by atoms with Crippen molar-refractivity contribution in [2.75, 3.05) is 5.32 Å². The van der Waals surface area contributed by atoms with Crippen LogP contribution < -0.4 is 5.32 Å². The minimum atomic E-state index is -4.65. The molecular formula is C15H11F3N4O2S. The van der Waals surface area contributed by atoms with Crippen molar-refractivity contribution in [2.45, 2.75) is 20.0 Å². The van der Waals surface area contributed by atoms with E-state index in [0.29, 0.717) is 10.6 Å². The van der Waals surface area contributed by atoms with Gasteiger partial charge in [0.05, 0.1) is 21.8 Å². The van der Waals surface area contributed by atoms with E-state index in [4.69, 9.17) is 4.42 Å². The van der Waals surface area contributed by atoms with E-state index in [0.717, 1.165) is 17.1 Å². The monoisotopic (exact) mass is 368 g/mol. The van der Waals surface area contributed by atoms with E-state index in [9.17, 15) is 18.0 Å². The predicted molar refractivity (Wildman–Crippen MR) is 84.3 cm³/mol. The van der Waals surface area contributed by atoms with Gasteiger partial charge in [0.15, 0.2) is 0 Å². The Morgan fingerprint density at radius 2 is 1.92 bits per heavy atom. The lowest BCUT2D eigenvalue weighted by atomic mass is 10.1. The van der Waals surface area contributed by atoms with Crippen LogP contribution in [0.3, 0.4) is 0 Å². The van der Waals surface area contributed by atoms with E-state index in [1.54, 1.807) is 6.92 Å². The van der Waals surface area contributed by atoms with Crippen molar-refractivity contribution in [3.63, 3.8) is 0 Å². The van der Waals surface area contributed by atoms with E-state index in [2.05, 4.69) is 20.5 Å². The van der Waals surface area contributed by atoms with Gasteiger partial charge in [-0.25, -0.2) is 4.98 Å². The highest BCUT2D eigenvalue weighted by atomic mass is 32.1. The van der Waals surface area contributed by atoms with Gasteiger partial charge in [-0.2, -0.15) is 13.2 Å². The molecule has 25 heavy (non-hydrogen) atoms. The van der Waals surface area contributed by atoms with Crippen LogP contribution in [0.2, 0.25) is 0 Å². The van der Waals surface area contributed by atoms with Crippen LogP contribution in [-0.2, 0) is 6.18 Å². The lowest BCUT2D eigenvalue weighted by Crippen LogP contribution is -2.18. The van der Waals surface area contributed by atoms with Gasteiger partial charge in [0.25, 0.3) is 11.8 Å². The third-order valence-electron chi connectivity index (χ3n) is 3.22. The maximum atomic E-state index is 13.0. The fourth-order valence-electron chi connectivity index (χ4n) is 2.19. The Kier molecular flexibility index (Phi) is 4.29. The van der Waals surface area contributed by atoms with Gasteiger partial charge in [0, 0.05) is 0 Å². The zero-order valence-corrected chi connectivity index (χ0v) is 13.8. The molecule has 130 valence electrons. The van der Waals surface area contributed by atoms with E-state index in [1.165, 1.54) is 23.5 Å². The van der Waals surface area contributed by atoms with Crippen LogP contribution in [0, 0.1) is 13.8 Å². The number of amides is 1. The highest BCUT2D eigenvalue weighted by molar-refractivity contribution is 7.15. The number of anilines is 1. The molecule has 0 atom stereocenters. The third-order valence-corrected chi connectivity index (χ3v) is 4.28. The van der Waals surface area contributed by atoms with Gasteiger partial charge >= 0.3 is 12.2 Å². The summed E-state index contributed by atoms with van der Waals surface area (Å²) in [5.74, 6) is -0.845. The summed E-state index contributed by atoms with van der Waals surface area (Å²) in [6, 6.07) is 4.16. The van der Waals surface area contributed by atoms with Gasteiger partial charge in [0.1, 0.15) is 4.88 Å². The Hall–Kier alpha value is -2.75. The molecule has 0 aliphatic rings. The summed E-state index contributed by atoms with van der Waals surface area (Å²) in [5, 5.41) is 10.4. The number of nitrogens with one attached hydrogen (secondary N) is 1. The molecule has 0 saturated carbocycles. The quantitative estimate of drug-likeness (QED) is 0.753. The minimum absolute atomic E-state index is 0.141. The topological polar surface area (TPSA) is 80.9 Å². The molecule has 0 spiro atoms. The molecule has 0 radical (unpaired) electrons. The Labute approximate surface area is 143 Å². The number of aryl methyl sites for hydroxylation is 2. The molecule has 0 bridgehead atoms. The van der Waals surface area contributed by atoms with E-state index < -0.39 is 23.2 Å². The first-order chi connectivity index (χ1) is 11.8. The molecule has 1 amide bonds. The molecule has 0 aliphatic carbocycles. The molecule has 6 nitrogen and oxygen atoms in total. The number of carbonyl (C=O) groups is 1. The lowest BCUT2D eigenvalue weighted by molar-refractivity contribution is -0.137. The molecule has 2 heterocycles. The fraction of sp³-hybridized carbons (Fsp3) is 0.200. The molecule has 3 aromatic rings. The molecule has 2 aromatic heterocycles. The fourth-order valence-corrected chi connectivity index (χ4v) is 3.03. The van der Waals surface area contributed by atoms with Crippen molar-refractivity contribution in [3.8, 4) is 10.8 Å². The SMILES string of the molecule is Cc1nc(C)c(-c2nnc(NC(=O)c3ccccc3C(F)(F)F)o2)s1. The van der Waals surface area contributed by atoms with Crippen molar-refractivity contribution in [1.29, 1.82) is 0 Å². The smallest absolute Gasteiger partial charge is 0.402 e. The molecule has 10 heteroatoms. The van der Waals surface area contributed by atoms with Crippen LogP contribution in [0.1, 0.15) is 26.6 Å². The molecular weight excluding hydrogens is 357 g/mol. The normalized spacial score (nSPS) is 11.6. The number of hydrogen-bond acceptors (Lipinski definition) is 6. The first-order valence-corrected chi connectivity index (χ1v) is 7.83. The van der Waals surface area contributed by atoms with E-state index in [1.807, 2.05) is 6.92 Å². The standard InChI is InChI=1S/C15H11F3N4O2S/c1-7-11(25-8(2)19-7)13-21-22-14(24-13)20-12(23)9-5-3-4-6-10(9)15(16,17)18/h3-6H,1-2H3,(H,20,22,23). The number of nitrogens with zero attached hydrogens (tertiary/aromatic N) is 3. The summed E-state index contributed by atoms with van der Waals surface area (Å²) in [5.41, 5.74) is -0.882. The molecule has 1 N–H and O–H groups in total. The van der Waals surface area contributed by atoms with Crippen molar-refractivity contribution in [1.82, 2.24) is 15.2 Å². The Bertz CT molecular complexity index is 933. The zero-order valence-electron chi connectivity index (χ0n) is 13.0. The van der Waals surface area contributed by atoms with Gasteiger partial charge < -0.3 is 4.42 Å². The highest BCUT2D eigenvalue weighted by Crippen LogP contribution is 2.33. The predicted octanol–water partition coefficient (Wildman–Crippen LogP) is 4.08. The summed E-state index contributed by atoms with van der Waals surface area (Å²) in [7, 11) is 0. The number of rotatable bonds is 3. The second-order valence-electron chi connectivity index (χ2n) is 5.06. The van der Waals surface area contributed by atoms with Crippen molar-refractivity contribution >= 4 is 23.3 Å². The summed E-state index contributed by atoms with van der Waals surface area (Å²) in [4.78, 5) is 17.0. The molecule has 0 saturated heterocycles. The zero-order chi connectivity index (χ0) is 18.2. The van der Waals surface area contributed by atoms with Gasteiger partial charge in [0.2, 0.25) is 0 Å². The lowest BCUT2D eigenvalue weighted by Gasteiger charge is -2.11. The number of alkyl halides is 3. The summed E-state index contributed by atoms with van der Waals surface area (Å²) < 4.78 is 44.3. The maximum absolute atomic E-state index is 13.0. The number of carbonyl (C=O) groups excluding carboxylic acids is 1. The largest absolute Gasteiger partial charge is 0.417 e. The third kappa shape index (κ3) is 3.53. The van der Waals surface area contributed by atoms with Gasteiger partial charge in [-0.1, -0.05) is 17.2 Å². The Balaban J connectivity index is 1.85. The molecule has 0 unspecified atom stereocenters. The Morgan fingerprint density at radius 1 is 1.20 bits per heavy atom. The van der Waals surface area contributed by atoms with E-state index >= 15 is 0 Å². The van der Waals surface area contributed by atoms with Crippen LogP contribution in [0.25, 0.3) is 10.8 Å². The number of aromatic nitrogens is 3. The van der Waals surface area contributed by atoms with Gasteiger partial charge in [-0.3, -0.25) is 10.1 Å². The van der Waals surface area contributed by atoms with Crippen molar-refractivity contribution in [2.24, 2.45) is 0 Å². The summed E-state index contributed by atoms with van der Waals surface area (Å²) >= 11 is 1.33.